The van der Waals surface area contributed by atoms with Crippen molar-refractivity contribution in [1.29, 1.82) is 0 Å². The lowest BCUT2D eigenvalue weighted by molar-refractivity contribution is -0.202. The molecule has 5 bridgehead atoms. The predicted molar refractivity (Wildman–Crippen MR) is 337 cm³/mol. The molecule has 2 fully saturated rings. The fraction of sp³-hybridized carbons (Fsp3) is 0.468. The summed E-state index contributed by atoms with van der Waals surface area (Å²) < 4.78 is 34.0. The van der Waals surface area contributed by atoms with Gasteiger partial charge in [0.05, 0.1) is 25.4 Å². The second-order valence-corrected chi connectivity index (χ2v) is 27.7. The highest BCUT2D eigenvalue weighted by Gasteiger charge is 2.62. The van der Waals surface area contributed by atoms with E-state index in [1.165, 1.54) is 71.7 Å². The van der Waals surface area contributed by atoms with Crippen molar-refractivity contribution in [2.45, 2.75) is 164 Å². The molecule has 5 aromatic carbocycles. The second kappa shape index (κ2) is 22.9. The van der Waals surface area contributed by atoms with E-state index >= 15 is 9.59 Å². The molecule has 4 heterocycles. The van der Waals surface area contributed by atoms with Gasteiger partial charge in [-0.1, -0.05) is 116 Å². The maximum atomic E-state index is 16.0. The number of aliphatic hydroxyl groups excluding tert-OH is 3. The SMILES string of the molecule is COC[C@@H](CCO)c1c(CO)c2ccc3c(c2oc1=O)[C@H]1OC(=O)C[C@@H]2C[C@@H](c4cccc5c4CC[C@@H]4CCC[C@H]6CCc7ccccc7[C@]564)C=C[C@H]2c2ccc4c(c2)CC[C@@H]2[C@H]5C=Cc6ccccc6[C@H]5C[C@@H]2[C@](C)(O3)[C@H]1OC(=O)/C(=C(/C)CO)CC4. The average molecular weight is 1180 g/mol. The minimum Gasteiger partial charge on any atom is -0.483 e. The number of fused-ring (bicyclic) bond motifs is 13. The van der Waals surface area contributed by atoms with Gasteiger partial charge in [-0.2, -0.15) is 0 Å². The van der Waals surface area contributed by atoms with Crippen LogP contribution in [-0.2, 0) is 61.5 Å². The van der Waals surface area contributed by atoms with Gasteiger partial charge in [-0.25, -0.2) is 9.59 Å². The van der Waals surface area contributed by atoms with Crippen LogP contribution in [0.1, 0.15) is 187 Å². The van der Waals surface area contributed by atoms with Crippen LogP contribution in [0.5, 0.6) is 5.75 Å². The van der Waals surface area contributed by atoms with Gasteiger partial charge in [0.2, 0.25) is 0 Å². The van der Waals surface area contributed by atoms with Crippen molar-refractivity contribution in [3.63, 3.8) is 0 Å². The molecule has 9 aliphatic rings. The summed E-state index contributed by atoms with van der Waals surface area (Å²) >= 11 is 0. The Morgan fingerprint density at radius 2 is 1.56 bits per heavy atom. The molecular formula is C77H82O11. The van der Waals surface area contributed by atoms with E-state index in [4.69, 9.17) is 23.4 Å². The molecule has 1 aromatic heterocycles. The molecule has 14 atom stereocenters. The van der Waals surface area contributed by atoms with Crippen LogP contribution in [0.25, 0.3) is 17.0 Å². The monoisotopic (exact) mass is 1180 g/mol. The molecule has 2 saturated carbocycles. The van der Waals surface area contributed by atoms with E-state index in [9.17, 15) is 20.1 Å². The number of carbonyl (C=O) groups excluding carboxylic acids is 2. The van der Waals surface area contributed by atoms with E-state index < -0.39 is 47.9 Å². The van der Waals surface area contributed by atoms with E-state index in [2.05, 4.69) is 109 Å². The van der Waals surface area contributed by atoms with E-state index in [1.807, 2.05) is 13.0 Å². The number of ether oxygens (including phenoxy) is 4. The number of methoxy groups -OCH3 is 1. The van der Waals surface area contributed by atoms with Crippen LogP contribution in [0.2, 0.25) is 0 Å². The Hall–Kier alpha value is -6.89. The number of aryl methyl sites for hydroxylation is 3. The maximum Gasteiger partial charge on any atom is 0.340 e. The van der Waals surface area contributed by atoms with Gasteiger partial charge in [0, 0.05) is 65.7 Å². The third kappa shape index (κ3) is 9.12. The number of esters is 2. The molecule has 0 amide bonds. The number of hydrogen-bond acceptors (Lipinski definition) is 11. The van der Waals surface area contributed by atoms with Crippen LogP contribution < -0.4 is 10.4 Å². The van der Waals surface area contributed by atoms with Crippen molar-refractivity contribution in [3.05, 3.63) is 209 Å². The van der Waals surface area contributed by atoms with Crippen molar-refractivity contribution >= 4 is 29.0 Å². The standard InChI is InChI=1S/C77H82O11/c1-43(40-79)54-27-21-44-18-19-48-36-47(44)23-30-60-58-29-22-45-10-4-6-14-56(45)62(58)39-66(60)76(2)73(87-74(54)82)72(70-67(88-76)33-32-61-63(41-80)69(75(83)86-71(61)70)50(34-35-78)42-84-3)85-68(81)38-51-37-49(24-28-55(48)51)57-15-9-17-65-59(57)31-26-53-13-8-12-52-25-20-46-11-5-7-16-64(46)77(52,53)65/h4-7,9-11,14-19,22,24,28-29,32-33,36,49-53,55,58,60,62,66,72-73,78-80H,8,12-13,20-21,23,25-27,30-31,34-35,37-42H2,1-3H3/b54-43-/t49-,50+,51-,52-,53-,55-,58+,60+,62+,66-,72+,73-,76-,77-/m0/s1. The van der Waals surface area contributed by atoms with E-state index in [0.717, 1.165) is 43.2 Å². The molecule has 15 rings (SSSR count). The van der Waals surface area contributed by atoms with Gasteiger partial charge in [-0.15, -0.1) is 0 Å². The van der Waals surface area contributed by atoms with Gasteiger partial charge in [0.25, 0.3) is 0 Å². The highest BCUT2D eigenvalue weighted by Crippen LogP contribution is 2.63. The summed E-state index contributed by atoms with van der Waals surface area (Å²) in [5.41, 5.74) is 12.9. The molecule has 1 spiro atoms. The molecule has 0 radical (unpaired) electrons. The topological polar surface area (TPSA) is 162 Å². The first kappa shape index (κ1) is 57.5. The number of hydrogen-bond donors (Lipinski definition) is 3. The quantitative estimate of drug-likeness (QED) is 0.0576. The van der Waals surface area contributed by atoms with E-state index in [-0.39, 0.29) is 96.2 Å². The lowest BCUT2D eigenvalue weighted by Crippen LogP contribution is -2.59. The molecular weight excluding hydrogens is 1100 g/mol. The molecule has 11 nitrogen and oxygen atoms in total. The first-order valence-electron chi connectivity index (χ1n) is 32.9. The van der Waals surface area contributed by atoms with Crippen LogP contribution in [-0.4, -0.2) is 65.9 Å². The zero-order valence-corrected chi connectivity index (χ0v) is 51.0. The van der Waals surface area contributed by atoms with Crippen molar-refractivity contribution in [1.82, 2.24) is 0 Å². The Morgan fingerprint density at radius 1 is 0.761 bits per heavy atom. The summed E-state index contributed by atoms with van der Waals surface area (Å²) in [5, 5.41) is 32.8. The molecule has 0 saturated heterocycles. The van der Waals surface area contributed by atoms with Crippen LogP contribution in [0.3, 0.4) is 0 Å². The van der Waals surface area contributed by atoms with Crippen molar-refractivity contribution < 1.29 is 48.3 Å². The van der Waals surface area contributed by atoms with Gasteiger partial charge < -0.3 is 38.7 Å². The van der Waals surface area contributed by atoms with Crippen molar-refractivity contribution in [3.8, 4) is 5.75 Å². The summed E-state index contributed by atoms with van der Waals surface area (Å²) in [6, 6.07) is 35.5. The highest BCUT2D eigenvalue weighted by molar-refractivity contribution is 5.90. The minimum absolute atomic E-state index is 0.00199. The molecule has 0 unspecified atom stereocenters. The number of rotatable bonds is 8. The smallest absolute Gasteiger partial charge is 0.340 e. The number of aliphatic hydroxyl groups is 3. The summed E-state index contributed by atoms with van der Waals surface area (Å²) in [5.74, 6) is -0.584. The Morgan fingerprint density at radius 3 is 2.39 bits per heavy atom. The maximum absolute atomic E-state index is 16.0. The summed E-state index contributed by atoms with van der Waals surface area (Å²) in [7, 11) is 1.52. The molecule has 456 valence electrons. The zero-order chi connectivity index (χ0) is 60.2. The molecule has 88 heavy (non-hydrogen) atoms. The predicted octanol–water partition coefficient (Wildman–Crippen LogP) is 13.4. The minimum atomic E-state index is -1.37. The second-order valence-electron chi connectivity index (χ2n) is 27.7. The summed E-state index contributed by atoms with van der Waals surface area (Å²) in [4.78, 5) is 46.4. The van der Waals surface area contributed by atoms with Crippen LogP contribution in [0.4, 0.5) is 0 Å². The fourth-order valence-electron chi connectivity index (χ4n) is 19.8. The largest absolute Gasteiger partial charge is 0.483 e. The number of carbonyl (C=O) groups is 2. The van der Waals surface area contributed by atoms with Crippen LogP contribution in [0, 0.1) is 35.5 Å². The number of benzene rings is 5. The lowest BCUT2D eigenvalue weighted by atomic mass is 9.46. The van der Waals surface area contributed by atoms with Gasteiger partial charge >= 0.3 is 17.6 Å². The Bertz CT molecular complexity index is 3910. The van der Waals surface area contributed by atoms with Crippen LogP contribution >= 0.6 is 0 Å². The highest BCUT2D eigenvalue weighted by atomic mass is 16.6. The van der Waals surface area contributed by atoms with E-state index in [1.54, 1.807) is 18.6 Å². The third-order valence-corrected chi connectivity index (χ3v) is 23.7. The van der Waals surface area contributed by atoms with E-state index in [0.29, 0.717) is 65.4 Å². The number of allylic oxidation sites excluding steroid dienone is 3. The molecule has 11 heteroatoms. The lowest BCUT2D eigenvalue weighted by Gasteiger charge is -2.57. The Balaban J connectivity index is 0.922. The van der Waals surface area contributed by atoms with Crippen molar-refractivity contribution in [2.75, 3.05) is 26.9 Å². The first-order chi connectivity index (χ1) is 42.9. The van der Waals surface area contributed by atoms with Crippen LogP contribution in [0.15, 0.2) is 136 Å². The average Bonchev–Trinajstić information content (AvgIpc) is 0.861. The molecule has 3 N–H and O–H groups in total. The van der Waals surface area contributed by atoms with Gasteiger partial charge in [0.15, 0.2) is 17.8 Å². The molecule has 6 aromatic rings. The molecule has 3 aliphatic heterocycles. The van der Waals surface area contributed by atoms with Gasteiger partial charge in [-0.05, 0) is 212 Å². The van der Waals surface area contributed by atoms with Crippen molar-refractivity contribution in [2.24, 2.45) is 35.5 Å². The Labute approximate surface area is 515 Å². The van der Waals surface area contributed by atoms with Gasteiger partial charge in [0.1, 0.15) is 11.3 Å². The fourth-order valence-corrected chi connectivity index (χ4v) is 19.8. The molecule has 6 aliphatic carbocycles. The zero-order valence-electron chi connectivity index (χ0n) is 51.0. The summed E-state index contributed by atoms with van der Waals surface area (Å²) in [6.45, 7) is 2.74. The van der Waals surface area contributed by atoms with Gasteiger partial charge in [-0.3, -0.25) is 4.79 Å². The first-order valence-corrected chi connectivity index (χ1v) is 32.9. The normalized spacial score (nSPS) is 31.7. The Kier molecular flexibility index (Phi) is 14.9. The third-order valence-electron chi connectivity index (χ3n) is 23.7. The summed E-state index contributed by atoms with van der Waals surface area (Å²) in [6.07, 6.45) is 19.1.